The minimum atomic E-state index is -0.430. The highest BCUT2D eigenvalue weighted by Gasteiger charge is 2.27. The molecule has 1 aromatic carbocycles. The van der Waals surface area contributed by atoms with E-state index in [0.717, 1.165) is 25.3 Å². The number of rotatable bonds is 5. The maximum atomic E-state index is 12.6. The first-order valence-corrected chi connectivity index (χ1v) is 8.32. The third-order valence-corrected chi connectivity index (χ3v) is 4.83. The van der Waals surface area contributed by atoms with Crippen LogP contribution < -0.4 is 5.32 Å². The van der Waals surface area contributed by atoms with Gasteiger partial charge in [0.15, 0.2) is 0 Å². The monoisotopic (exact) mass is 317 g/mol. The summed E-state index contributed by atoms with van der Waals surface area (Å²) in [5.41, 5.74) is 0.998. The van der Waals surface area contributed by atoms with Crippen molar-refractivity contribution in [2.45, 2.75) is 38.6 Å². The number of amides is 1. The van der Waals surface area contributed by atoms with Crippen molar-refractivity contribution in [3.63, 3.8) is 0 Å². The highest BCUT2D eigenvalue weighted by Crippen LogP contribution is 2.28. The van der Waals surface area contributed by atoms with Gasteiger partial charge in [-0.05, 0) is 51.1 Å². The van der Waals surface area contributed by atoms with Crippen LogP contribution in [-0.4, -0.2) is 41.4 Å². The van der Waals surface area contributed by atoms with Crippen LogP contribution in [0.25, 0.3) is 0 Å². The number of carbonyl (C=O) groups excluding carboxylic acids is 1. The van der Waals surface area contributed by atoms with Gasteiger partial charge < -0.3 is 10.2 Å². The van der Waals surface area contributed by atoms with Crippen LogP contribution in [0.1, 0.15) is 41.6 Å². The quantitative estimate of drug-likeness (QED) is 0.669. The van der Waals surface area contributed by atoms with E-state index >= 15 is 0 Å². The highest BCUT2D eigenvalue weighted by atomic mass is 16.6. The zero-order valence-electron chi connectivity index (χ0n) is 13.5. The lowest BCUT2D eigenvalue weighted by atomic mass is 10.0. The van der Waals surface area contributed by atoms with Gasteiger partial charge in [-0.3, -0.25) is 14.9 Å². The molecular formula is C17H23N3O3. The maximum absolute atomic E-state index is 12.6. The third kappa shape index (κ3) is 3.88. The number of hydrogen-bond acceptors (Lipinski definition) is 4. The number of nitrogens with zero attached hydrogens (tertiary/aromatic N) is 2. The summed E-state index contributed by atoms with van der Waals surface area (Å²) in [5, 5.41) is 14.6. The van der Waals surface area contributed by atoms with E-state index in [1.54, 1.807) is 19.1 Å². The number of piperidine rings is 1. The van der Waals surface area contributed by atoms with Crippen LogP contribution in [0.2, 0.25) is 0 Å². The topological polar surface area (TPSA) is 75.5 Å². The standard InChI is InChI=1S/C17H23N3O3/c1-12-2-5-14(10-16(12)20(22)23)17(21)19-8-6-15(7-9-19)18-11-13-3-4-13/h2,5,10,13,15,18H,3-4,6-9,11H2,1H3. The van der Waals surface area contributed by atoms with E-state index < -0.39 is 4.92 Å². The van der Waals surface area contributed by atoms with E-state index in [2.05, 4.69) is 5.32 Å². The minimum Gasteiger partial charge on any atom is -0.339 e. The van der Waals surface area contributed by atoms with Crippen molar-refractivity contribution < 1.29 is 9.72 Å². The van der Waals surface area contributed by atoms with Gasteiger partial charge in [0.05, 0.1) is 4.92 Å². The molecule has 1 aromatic rings. The van der Waals surface area contributed by atoms with Crippen molar-refractivity contribution in [1.82, 2.24) is 10.2 Å². The molecule has 1 amide bonds. The van der Waals surface area contributed by atoms with Crippen LogP contribution in [0.3, 0.4) is 0 Å². The van der Waals surface area contributed by atoms with Crippen molar-refractivity contribution in [2.75, 3.05) is 19.6 Å². The van der Waals surface area contributed by atoms with E-state index in [9.17, 15) is 14.9 Å². The van der Waals surface area contributed by atoms with Crippen LogP contribution in [0, 0.1) is 23.0 Å². The Morgan fingerprint density at radius 1 is 1.30 bits per heavy atom. The molecule has 0 aromatic heterocycles. The third-order valence-electron chi connectivity index (χ3n) is 4.83. The largest absolute Gasteiger partial charge is 0.339 e. The SMILES string of the molecule is Cc1ccc(C(=O)N2CCC(NCC3CC3)CC2)cc1[N+](=O)[O-]. The molecular weight excluding hydrogens is 294 g/mol. The summed E-state index contributed by atoms with van der Waals surface area (Å²) in [4.78, 5) is 25.0. The molecule has 124 valence electrons. The molecule has 1 saturated heterocycles. The van der Waals surface area contributed by atoms with Crippen LogP contribution in [0.4, 0.5) is 5.69 Å². The summed E-state index contributed by atoms with van der Waals surface area (Å²) in [6.07, 6.45) is 4.59. The molecule has 1 saturated carbocycles. The van der Waals surface area contributed by atoms with Crippen LogP contribution in [0.5, 0.6) is 0 Å². The van der Waals surface area contributed by atoms with E-state index in [4.69, 9.17) is 0 Å². The van der Waals surface area contributed by atoms with E-state index in [-0.39, 0.29) is 11.6 Å². The first-order chi connectivity index (χ1) is 11.0. The molecule has 23 heavy (non-hydrogen) atoms. The molecule has 0 unspecified atom stereocenters. The fourth-order valence-corrected chi connectivity index (χ4v) is 3.06. The summed E-state index contributed by atoms with van der Waals surface area (Å²) in [6.45, 7) is 4.21. The summed E-state index contributed by atoms with van der Waals surface area (Å²) >= 11 is 0. The van der Waals surface area contributed by atoms with Gasteiger partial charge in [-0.25, -0.2) is 0 Å². The molecule has 0 radical (unpaired) electrons. The number of nitrogens with one attached hydrogen (secondary N) is 1. The molecule has 1 N–H and O–H groups in total. The predicted octanol–water partition coefficient (Wildman–Crippen LogP) is 2.51. The van der Waals surface area contributed by atoms with Gasteiger partial charge in [0, 0.05) is 36.3 Å². The second-order valence-electron chi connectivity index (χ2n) is 6.68. The Kier molecular flexibility index (Phi) is 4.61. The summed E-state index contributed by atoms with van der Waals surface area (Å²) in [5.74, 6) is 0.761. The van der Waals surface area contributed by atoms with Gasteiger partial charge >= 0.3 is 0 Å². The number of nitro benzene ring substituents is 1. The predicted molar refractivity (Wildman–Crippen MR) is 87.5 cm³/mol. The Morgan fingerprint density at radius 2 is 2.00 bits per heavy atom. The van der Waals surface area contributed by atoms with Gasteiger partial charge in [-0.1, -0.05) is 6.07 Å². The van der Waals surface area contributed by atoms with Gasteiger partial charge in [0.2, 0.25) is 0 Å². The van der Waals surface area contributed by atoms with Crippen molar-refractivity contribution in [3.05, 3.63) is 39.4 Å². The number of hydrogen-bond donors (Lipinski definition) is 1. The molecule has 0 bridgehead atoms. The lowest BCUT2D eigenvalue weighted by molar-refractivity contribution is -0.385. The van der Waals surface area contributed by atoms with Crippen molar-refractivity contribution >= 4 is 11.6 Å². The van der Waals surface area contributed by atoms with Gasteiger partial charge in [-0.2, -0.15) is 0 Å². The number of likely N-dealkylation sites (tertiary alicyclic amines) is 1. The smallest absolute Gasteiger partial charge is 0.273 e. The first kappa shape index (κ1) is 15.9. The molecule has 0 atom stereocenters. The second-order valence-corrected chi connectivity index (χ2v) is 6.68. The van der Waals surface area contributed by atoms with Crippen molar-refractivity contribution in [2.24, 2.45) is 5.92 Å². The molecule has 2 aliphatic rings. The molecule has 2 fully saturated rings. The normalized spacial score (nSPS) is 18.9. The van der Waals surface area contributed by atoms with Crippen LogP contribution in [0.15, 0.2) is 18.2 Å². The lowest BCUT2D eigenvalue weighted by Gasteiger charge is -2.32. The highest BCUT2D eigenvalue weighted by molar-refractivity contribution is 5.95. The number of aryl methyl sites for hydroxylation is 1. The van der Waals surface area contributed by atoms with Crippen molar-refractivity contribution in [1.29, 1.82) is 0 Å². The number of benzene rings is 1. The fraction of sp³-hybridized carbons (Fsp3) is 0.588. The van der Waals surface area contributed by atoms with E-state index in [0.29, 0.717) is 30.3 Å². The molecule has 6 heteroatoms. The Labute approximate surface area is 136 Å². The molecule has 6 nitrogen and oxygen atoms in total. The zero-order chi connectivity index (χ0) is 16.4. The summed E-state index contributed by atoms with van der Waals surface area (Å²) < 4.78 is 0. The Hall–Kier alpha value is -1.95. The number of nitro groups is 1. The lowest BCUT2D eigenvalue weighted by Crippen LogP contribution is -2.45. The first-order valence-electron chi connectivity index (χ1n) is 8.32. The number of carbonyl (C=O) groups is 1. The van der Waals surface area contributed by atoms with Crippen LogP contribution >= 0.6 is 0 Å². The van der Waals surface area contributed by atoms with Gasteiger partial charge in [0.1, 0.15) is 0 Å². The van der Waals surface area contributed by atoms with Gasteiger partial charge in [-0.15, -0.1) is 0 Å². The van der Waals surface area contributed by atoms with Gasteiger partial charge in [0.25, 0.3) is 11.6 Å². The molecule has 1 aliphatic carbocycles. The molecule has 0 spiro atoms. The van der Waals surface area contributed by atoms with E-state index in [1.165, 1.54) is 18.9 Å². The van der Waals surface area contributed by atoms with E-state index in [1.807, 2.05) is 4.90 Å². The molecule has 3 rings (SSSR count). The van der Waals surface area contributed by atoms with Crippen molar-refractivity contribution in [3.8, 4) is 0 Å². The maximum Gasteiger partial charge on any atom is 0.273 e. The summed E-state index contributed by atoms with van der Waals surface area (Å²) in [6, 6.07) is 5.22. The Morgan fingerprint density at radius 3 is 2.61 bits per heavy atom. The zero-order valence-corrected chi connectivity index (χ0v) is 13.5. The Bertz CT molecular complexity index is 605. The summed E-state index contributed by atoms with van der Waals surface area (Å²) in [7, 11) is 0. The second kappa shape index (κ2) is 6.66. The minimum absolute atomic E-state index is 0.0110. The average Bonchev–Trinajstić information content (AvgIpc) is 3.37. The molecule has 1 aliphatic heterocycles. The average molecular weight is 317 g/mol. The Balaban J connectivity index is 1.58. The fourth-order valence-electron chi connectivity index (χ4n) is 3.06. The molecule has 1 heterocycles. The van der Waals surface area contributed by atoms with Crippen LogP contribution in [-0.2, 0) is 0 Å².